The summed E-state index contributed by atoms with van der Waals surface area (Å²) in [5.41, 5.74) is 0.545. The van der Waals surface area contributed by atoms with E-state index in [2.05, 4.69) is 4.98 Å². The summed E-state index contributed by atoms with van der Waals surface area (Å²) >= 11 is 0. The maximum absolute atomic E-state index is 12.5. The minimum absolute atomic E-state index is 0.428. The van der Waals surface area contributed by atoms with Crippen LogP contribution >= 0.6 is 0 Å². The van der Waals surface area contributed by atoms with Gasteiger partial charge >= 0.3 is 6.18 Å². The molecule has 0 unspecified atom stereocenters. The third-order valence-electron chi connectivity index (χ3n) is 2.97. The third kappa shape index (κ3) is 3.72. The van der Waals surface area contributed by atoms with Crippen molar-refractivity contribution in [2.24, 2.45) is 0 Å². The van der Waals surface area contributed by atoms with Crippen molar-refractivity contribution in [3.8, 4) is 6.07 Å². The van der Waals surface area contributed by atoms with Gasteiger partial charge in [-0.1, -0.05) is 12.1 Å². The van der Waals surface area contributed by atoms with Gasteiger partial charge in [-0.2, -0.15) is 18.4 Å². The number of hydrogen-bond acceptors (Lipinski definition) is 3. The Labute approximate surface area is 120 Å². The van der Waals surface area contributed by atoms with Gasteiger partial charge in [-0.15, -0.1) is 0 Å². The van der Waals surface area contributed by atoms with Gasteiger partial charge in [0.1, 0.15) is 11.9 Å². The van der Waals surface area contributed by atoms with Crippen molar-refractivity contribution < 1.29 is 13.2 Å². The van der Waals surface area contributed by atoms with Crippen molar-refractivity contribution in [1.82, 2.24) is 4.98 Å². The maximum Gasteiger partial charge on any atom is 0.416 e. The summed E-state index contributed by atoms with van der Waals surface area (Å²) < 4.78 is 37.4. The Morgan fingerprint density at radius 1 is 1.14 bits per heavy atom. The lowest BCUT2D eigenvalue weighted by Gasteiger charge is -2.18. The molecule has 0 aliphatic rings. The molecule has 108 valence electrons. The van der Waals surface area contributed by atoms with E-state index in [1.165, 1.54) is 18.3 Å². The average Bonchev–Trinajstić information content (AvgIpc) is 2.47. The van der Waals surface area contributed by atoms with Crippen LogP contribution in [0.25, 0.3) is 0 Å². The predicted molar refractivity (Wildman–Crippen MR) is 72.5 cm³/mol. The number of alkyl halides is 3. The van der Waals surface area contributed by atoms with E-state index in [1.54, 1.807) is 24.1 Å². The third-order valence-corrected chi connectivity index (χ3v) is 2.97. The van der Waals surface area contributed by atoms with Crippen molar-refractivity contribution in [2.75, 3.05) is 11.9 Å². The summed E-state index contributed by atoms with van der Waals surface area (Å²) in [6.45, 7) is 0.428. The van der Waals surface area contributed by atoms with Crippen molar-refractivity contribution in [3.63, 3.8) is 0 Å². The Morgan fingerprint density at radius 3 is 2.29 bits per heavy atom. The van der Waals surface area contributed by atoms with Gasteiger partial charge in [-0.3, -0.25) is 0 Å². The Balaban J connectivity index is 2.08. The molecule has 0 saturated heterocycles. The van der Waals surface area contributed by atoms with Gasteiger partial charge in [-0.05, 0) is 29.8 Å². The summed E-state index contributed by atoms with van der Waals surface area (Å²) in [6, 6.07) is 10.3. The van der Waals surface area contributed by atoms with Crippen molar-refractivity contribution in [3.05, 3.63) is 59.3 Å². The zero-order chi connectivity index (χ0) is 15.5. The van der Waals surface area contributed by atoms with Crippen molar-refractivity contribution in [2.45, 2.75) is 12.7 Å². The number of rotatable bonds is 3. The molecular weight excluding hydrogens is 279 g/mol. The van der Waals surface area contributed by atoms with E-state index < -0.39 is 11.7 Å². The molecule has 1 aromatic carbocycles. The standard InChI is InChI=1S/C15H12F3N3/c1-21(14-7-4-12(8-19)9-20-14)10-11-2-5-13(6-3-11)15(16,17)18/h2-7,9H,10H2,1H3. The van der Waals surface area contributed by atoms with Crippen LogP contribution in [-0.4, -0.2) is 12.0 Å². The quantitative estimate of drug-likeness (QED) is 0.867. The molecule has 0 saturated carbocycles. The van der Waals surface area contributed by atoms with E-state index in [0.29, 0.717) is 17.9 Å². The number of benzene rings is 1. The molecule has 21 heavy (non-hydrogen) atoms. The summed E-state index contributed by atoms with van der Waals surface area (Å²) in [5, 5.41) is 8.70. The maximum atomic E-state index is 12.5. The normalized spacial score (nSPS) is 11.0. The van der Waals surface area contributed by atoms with Crippen LogP contribution in [0.3, 0.4) is 0 Å². The summed E-state index contributed by atoms with van der Waals surface area (Å²) in [7, 11) is 1.78. The molecule has 2 rings (SSSR count). The molecule has 2 aromatic rings. The zero-order valence-electron chi connectivity index (χ0n) is 11.2. The minimum atomic E-state index is -4.32. The second kappa shape index (κ2) is 5.83. The zero-order valence-corrected chi connectivity index (χ0v) is 11.2. The molecule has 0 N–H and O–H groups in total. The largest absolute Gasteiger partial charge is 0.416 e. The second-order valence-corrected chi connectivity index (χ2v) is 4.57. The van der Waals surface area contributed by atoms with Crippen LogP contribution in [0.4, 0.5) is 19.0 Å². The molecule has 1 heterocycles. The fraction of sp³-hybridized carbons (Fsp3) is 0.200. The lowest BCUT2D eigenvalue weighted by molar-refractivity contribution is -0.137. The fourth-order valence-electron chi connectivity index (χ4n) is 1.83. The highest BCUT2D eigenvalue weighted by Gasteiger charge is 2.29. The molecule has 0 amide bonds. The highest BCUT2D eigenvalue weighted by molar-refractivity contribution is 5.42. The van der Waals surface area contributed by atoms with Crippen LogP contribution in [0, 0.1) is 11.3 Å². The number of halogens is 3. The number of pyridine rings is 1. The Hall–Kier alpha value is -2.55. The summed E-state index contributed by atoms with van der Waals surface area (Å²) in [5.74, 6) is 0.647. The van der Waals surface area contributed by atoms with E-state index in [1.807, 2.05) is 6.07 Å². The molecular formula is C15H12F3N3. The number of anilines is 1. The minimum Gasteiger partial charge on any atom is -0.355 e. The first kappa shape index (κ1) is 14.9. The summed E-state index contributed by atoms with van der Waals surface area (Å²) in [6.07, 6.45) is -2.86. The van der Waals surface area contributed by atoms with E-state index in [0.717, 1.165) is 17.7 Å². The number of hydrogen-bond donors (Lipinski definition) is 0. The smallest absolute Gasteiger partial charge is 0.355 e. The molecule has 0 bridgehead atoms. The van der Waals surface area contributed by atoms with E-state index in [4.69, 9.17) is 5.26 Å². The molecule has 0 atom stereocenters. The van der Waals surface area contributed by atoms with Crippen LogP contribution in [0.2, 0.25) is 0 Å². The Morgan fingerprint density at radius 2 is 1.81 bits per heavy atom. The molecule has 1 aromatic heterocycles. The molecule has 0 fully saturated rings. The van der Waals surface area contributed by atoms with Gasteiger partial charge < -0.3 is 4.90 Å². The molecule has 3 nitrogen and oxygen atoms in total. The topological polar surface area (TPSA) is 39.9 Å². The van der Waals surface area contributed by atoms with Gasteiger partial charge in [-0.25, -0.2) is 4.98 Å². The van der Waals surface area contributed by atoms with E-state index in [-0.39, 0.29) is 0 Å². The number of aromatic nitrogens is 1. The van der Waals surface area contributed by atoms with Gasteiger partial charge in [0.05, 0.1) is 11.1 Å². The Bertz CT molecular complexity index is 640. The van der Waals surface area contributed by atoms with Crippen molar-refractivity contribution >= 4 is 5.82 Å². The lowest BCUT2D eigenvalue weighted by Crippen LogP contribution is -2.17. The van der Waals surface area contributed by atoms with Crippen LogP contribution in [0.15, 0.2) is 42.6 Å². The highest BCUT2D eigenvalue weighted by atomic mass is 19.4. The first-order valence-corrected chi connectivity index (χ1v) is 6.13. The van der Waals surface area contributed by atoms with Gasteiger partial charge in [0, 0.05) is 19.8 Å². The average molecular weight is 291 g/mol. The van der Waals surface area contributed by atoms with Gasteiger partial charge in [0.2, 0.25) is 0 Å². The lowest BCUT2D eigenvalue weighted by atomic mass is 10.1. The molecule has 0 aliphatic carbocycles. The molecule has 6 heteroatoms. The fourth-order valence-corrected chi connectivity index (χ4v) is 1.83. The number of nitriles is 1. The highest BCUT2D eigenvalue weighted by Crippen LogP contribution is 2.29. The Kier molecular flexibility index (Phi) is 4.13. The van der Waals surface area contributed by atoms with Crippen LogP contribution in [-0.2, 0) is 12.7 Å². The van der Waals surface area contributed by atoms with Crippen LogP contribution in [0.1, 0.15) is 16.7 Å². The van der Waals surface area contributed by atoms with E-state index in [9.17, 15) is 13.2 Å². The monoisotopic (exact) mass is 291 g/mol. The summed E-state index contributed by atoms with van der Waals surface area (Å²) in [4.78, 5) is 5.92. The SMILES string of the molecule is CN(Cc1ccc(C(F)(F)F)cc1)c1ccc(C#N)cn1. The van der Waals surface area contributed by atoms with Crippen molar-refractivity contribution in [1.29, 1.82) is 5.26 Å². The van der Waals surface area contributed by atoms with Crippen LogP contribution < -0.4 is 4.90 Å². The predicted octanol–water partition coefficient (Wildman–Crippen LogP) is 3.61. The second-order valence-electron chi connectivity index (χ2n) is 4.57. The molecule has 0 radical (unpaired) electrons. The molecule has 0 aliphatic heterocycles. The first-order valence-electron chi connectivity index (χ1n) is 6.13. The van der Waals surface area contributed by atoms with Gasteiger partial charge in [0.15, 0.2) is 0 Å². The van der Waals surface area contributed by atoms with Crippen LogP contribution in [0.5, 0.6) is 0 Å². The molecule has 0 spiro atoms. The first-order chi connectivity index (χ1) is 9.90. The van der Waals surface area contributed by atoms with Gasteiger partial charge in [0.25, 0.3) is 0 Å². The van der Waals surface area contributed by atoms with E-state index >= 15 is 0 Å². The number of nitrogens with zero attached hydrogens (tertiary/aromatic N) is 3.